The van der Waals surface area contributed by atoms with Crippen LogP contribution in [0.1, 0.15) is 24.0 Å². The first kappa shape index (κ1) is 24.5. The zero-order valence-corrected chi connectivity index (χ0v) is 21.0. The summed E-state index contributed by atoms with van der Waals surface area (Å²) >= 11 is 0. The van der Waals surface area contributed by atoms with Gasteiger partial charge in [-0.2, -0.15) is 0 Å². The summed E-state index contributed by atoms with van der Waals surface area (Å²) in [5, 5.41) is 9.12. The van der Waals surface area contributed by atoms with E-state index in [9.17, 15) is 13.2 Å². The molecule has 3 aromatic rings. The van der Waals surface area contributed by atoms with Gasteiger partial charge in [0.05, 0.1) is 22.8 Å². The lowest BCUT2D eigenvalue weighted by atomic mass is 10.1. The predicted octanol–water partition coefficient (Wildman–Crippen LogP) is 4.25. The zero-order chi connectivity index (χ0) is 25.3. The first-order valence-electron chi connectivity index (χ1n) is 11.3. The molecule has 0 saturated carbocycles. The second kappa shape index (κ2) is 9.58. The Morgan fingerprint density at radius 1 is 1.11 bits per heavy atom. The first-order chi connectivity index (χ1) is 16.5. The van der Waals surface area contributed by atoms with E-state index < -0.39 is 22.1 Å². The fourth-order valence-electron chi connectivity index (χ4n) is 4.06. The third-order valence-electron chi connectivity index (χ3n) is 5.86. The summed E-state index contributed by atoms with van der Waals surface area (Å²) in [4.78, 5) is 17.9. The van der Waals surface area contributed by atoms with E-state index in [1.54, 1.807) is 30.3 Å². The highest BCUT2D eigenvalue weighted by Gasteiger charge is 2.35. The van der Waals surface area contributed by atoms with Crippen molar-refractivity contribution in [2.45, 2.75) is 37.7 Å². The number of carbonyl (C=O) groups is 1. The molecular formula is C26H29N3O5S. The number of pyridine rings is 1. The zero-order valence-electron chi connectivity index (χ0n) is 20.2. The quantitative estimate of drug-likeness (QED) is 0.523. The predicted molar refractivity (Wildman–Crippen MR) is 136 cm³/mol. The lowest BCUT2D eigenvalue weighted by Crippen LogP contribution is -2.43. The molecular weight excluding hydrogens is 466 g/mol. The monoisotopic (exact) mass is 495 g/mol. The molecule has 8 nitrogen and oxygen atoms in total. The number of aryl methyl sites for hydroxylation is 2. The van der Waals surface area contributed by atoms with Crippen molar-refractivity contribution in [3.63, 3.8) is 0 Å². The van der Waals surface area contributed by atoms with Crippen LogP contribution in [0.3, 0.4) is 0 Å². The molecule has 0 radical (unpaired) electrons. The molecule has 1 N–H and O–H groups in total. The molecule has 2 heterocycles. The maximum absolute atomic E-state index is 13.8. The number of aliphatic carboxylic acids is 1. The van der Waals surface area contributed by atoms with Crippen LogP contribution >= 0.6 is 0 Å². The lowest BCUT2D eigenvalue weighted by molar-refractivity contribution is -0.137. The maximum Gasteiger partial charge on any atom is 0.303 e. The molecule has 0 fully saturated rings. The summed E-state index contributed by atoms with van der Waals surface area (Å²) in [6, 6.07) is 16.0. The minimum Gasteiger partial charge on any atom is -0.486 e. The Hall–Kier alpha value is -3.59. The number of carboxylic acids is 1. The number of aromatic nitrogens is 1. The van der Waals surface area contributed by atoms with Crippen LogP contribution in [0.25, 0.3) is 11.3 Å². The standard InChI is InChI=1S/C26H29N3O5S/c1-17-6-5-7-21(12-17)35(32,33)29-16-20(9-11-26(30)31)34-24-10-8-19(15-23(24)29)22-13-18(2)14-25(27-22)28(3)4/h5-8,10,12-15,20H,9,11,16H2,1-4H3,(H,30,31)/t20-/m0/s1. The van der Waals surface area contributed by atoms with Crippen molar-refractivity contribution < 1.29 is 23.1 Å². The van der Waals surface area contributed by atoms with E-state index in [2.05, 4.69) is 0 Å². The van der Waals surface area contributed by atoms with Crippen LogP contribution in [-0.2, 0) is 14.8 Å². The number of sulfonamides is 1. The fourth-order valence-corrected chi connectivity index (χ4v) is 5.67. The molecule has 2 aromatic carbocycles. The summed E-state index contributed by atoms with van der Waals surface area (Å²) in [7, 11) is -0.0882. The molecule has 184 valence electrons. The van der Waals surface area contributed by atoms with Crippen LogP contribution in [-0.4, -0.2) is 51.2 Å². The van der Waals surface area contributed by atoms with Gasteiger partial charge in [0.25, 0.3) is 10.0 Å². The number of benzene rings is 2. The summed E-state index contributed by atoms with van der Waals surface area (Å²) in [5.74, 6) is 0.240. The Labute approximate surface area is 205 Å². The van der Waals surface area contributed by atoms with Crippen molar-refractivity contribution in [1.29, 1.82) is 0 Å². The molecule has 35 heavy (non-hydrogen) atoms. The Morgan fingerprint density at radius 2 is 1.89 bits per heavy atom. The van der Waals surface area contributed by atoms with Crippen LogP contribution in [0.4, 0.5) is 11.5 Å². The van der Waals surface area contributed by atoms with Crippen LogP contribution in [0.5, 0.6) is 5.75 Å². The van der Waals surface area contributed by atoms with Gasteiger partial charge in [0.15, 0.2) is 0 Å². The number of ether oxygens (including phenoxy) is 1. The van der Waals surface area contributed by atoms with Gasteiger partial charge in [-0.3, -0.25) is 9.10 Å². The minimum atomic E-state index is -3.92. The smallest absolute Gasteiger partial charge is 0.303 e. The SMILES string of the molecule is Cc1cccc(S(=O)(=O)N2C[C@H](CCC(=O)O)Oc3ccc(-c4cc(C)cc(N(C)C)n4)cc32)c1. The average molecular weight is 496 g/mol. The first-order valence-corrected chi connectivity index (χ1v) is 12.8. The van der Waals surface area contributed by atoms with E-state index >= 15 is 0 Å². The molecule has 9 heteroatoms. The van der Waals surface area contributed by atoms with Crippen LogP contribution in [0, 0.1) is 13.8 Å². The summed E-state index contributed by atoms with van der Waals surface area (Å²) in [5.41, 5.74) is 3.75. The topological polar surface area (TPSA) is 100 Å². The molecule has 1 aromatic heterocycles. The van der Waals surface area contributed by atoms with E-state index in [0.717, 1.165) is 28.2 Å². The third-order valence-corrected chi connectivity index (χ3v) is 7.63. The van der Waals surface area contributed by atoms with E-state index in [-0.39, 0.29) is 24.3 Å². The Morgan fingerprint density at radius 3 is 2.57 bits per heavy atom. The number of fused-ring (bicyclic) bond motifs is 1. The van der Waals surface area contributed by atoms with Gasteiger partial charge in [-0.25, -0.2) is 13.4 Å². The second-order valence-electron chi connectivity index (χ2n) is 8.99. The van der Waals surface area contributed by atoms with Crippen molar-refractivity contribution in [3.8, 4) is 17.0 Å². The molecule has 0 unspecified atom stereocenters. The number of hydrogen-bond acceptors (Lipinski definition) is 6. The number of rotatable bonds is 7. The van der Waals surface area contributed by atoms with Gasteiger partial charge in [0, 0.05) is 26.1 Å². The van der Waals surface area contributed by atoms with Crippen LogP contribution < -0.4 is 13.9 Å². The molecule has 1 atom stereocenters. The average Bonchev–Trinajstić information content (AvgIpc) is 2.81. The Balaban J connectivity index is 1.82. The lowest BCUT2D eigenvalue weighted by Gasteiger charge is -2.35. The van der Waals surface area contributed by atoms with Gasteiger partial charge in [-0.1, -0.05) is 12.1 Å². The third kappa shape index (κ3) is 5.24. The number of nitrogens with zero attached hydrogens (tertiary/aromatic N) is 3. The molecule has 0 spiro atoms. The van der Waals surface area contributed by atoms with Gasteiger partial charge in [0.1, 0.15) is 17.7 Å². The maximum atomic E-state index is 13.8. The molecule has 1 aliphatic rings. The highest BCUT2D eigenvalue weighted by molar-refractivity contribution is 7.92. The largest absolute Gasteiger partial charge is 0.486 e. The van der Waals surface area contributed by atoms with E-state index in [4.69, 9.17) is 14.8 Å². The van der Waals surface area contributed by atoms with E-state index in [1.165, 1.54) is 4.31 Å². The summed E-state index contributed by atoms with van der Waals surface area (Å²) in [6.07, 6.45) is -0.500. The molecule has 0 bridgehead atoms. The number of carboxylic acid groups (broad SMARTS) is 1. The van der Waals surface area contributed by atoms with Crippen molar-refractivity contribution in [2.24, 2.45) is 0 Å². The van der Waals surface area contributed by atoms with Crippen molar-refractivity contribution >= 4 is 27.5 Å². The van der Waals surface area contributed by atoms with Crippen LogP contribution in [0.2, 0.25) is 0 Å². The summed E-state index contributed by atoms with van der Waals surface area (Å²) < 4.78 is 34.9. The number of anilines is 2. The van der Waals surface area contributed by atoms with Gasteiger partial charge < -0.3 is 14.7 Å². The van der Waals surface area contributed by atoms with Crippen molar-refractivity contribution in [1.82, 2.24) is 4.98 Å². The van der Waals surface area contributed by atoms with Gasteiger partial charge in [-0.15, -0.1) is 0 Å². The van der Waals surface area contributed by atoms with E-state index in [1.807, 2.05) is 57.1 Å². The van der Waals surface area contributed by atoms with Crippen LogP contribution in [0.15, 0.2) is 59.5 Å². The molecule has 0 amide bonds. The highest BCUT2D eigenvalue weighted by Crippen LogP contribution is 2.40. The van der Waals surface area contributed by atoms with Crippen molar-refractivity contribution in [3.05, 3.63) is 65.7 Å². The Bertz CT molecular complexity index is 1370. The van der Waals surface area contributed by atoms with Gasteiger partial charge in [-0.05, 0) is 73.9 Å². The fraction of sp³-hybridized carbons (Fsp3) is 0.308. The van der Waals surface area contributed by atoms with Gasteiger partial charge >= 0.3 is 5.97 Å². The molecule has 0 saturated heterocycles. The molecule has 0 aliphatic carbocycles. The Kier molecular flexibility index (Phi) is 6.71. The molecule has 4 rings (SSSR count). The summed E-state index contributed by atoms with van der Waals surface area (Å²) in [6.45, 7) is 3.84. The second-order valence-corrected chi connectivity index (χ2v) is 10.9. The van der Waals surface area contributed by atoms with Gasteiger partial charge in [0.2, 0.25) is 0 Å². The van der Waals surface area contributed by atoms with E-state index in [0.29, 0.717) is 11.4 Å². The number of hydrogen-bond donors (Lipinski definition) is 1. The highest BCUT2D eigenvalue weighted by atomic mass is 32.2. The normalized spacial score (nSPS) is 15.3. The van der Waals surface area contributed by atoms with Crippen molar-refractivity contribution in [2.75, 3.05) is 29.8 Å². The molecule has 1 aliphatic heterocycles. The minimum absolute atomic E-state index is 0.0181.